The van der Waals surface area contributed by atoms with E-state index < -0.39 is 0 Å². The van der Waals surface area contributed by atoms with E-state index in [0.717, 1.165) is 0 Å². The minimum absolute atomic E-state index is 0.149. The minimum Gasteiger partial charge on any atom is -0.494 e. The maximum absolute atomic E-state index is 12.9. The lowest BCUT2D eigenvalue weighted by Crippen LogP contribution is -2.32. The number of ether oxygens (including phenoxy) is 1. The van der Waals surface area contributed by atoms with Gasteiger partial charge in [-0.05, 0) is 31.2 Å². The molecule has 0 aliphatic rings. The second-order valence-electron chi connectivity index (χ2n) is 5.82. The first-order valence-electron chi connectivity index (χ1n) is 8.24. The van der Waals surface area contributed by atoms with Gasteiger partial charge in [0.05, 0.1) is 34.6 Å². The van der Waals surface area contributed by atoms with Crippen LogP contribution in [0.2, 0.25) is 10.0 Å². The number of fused-ring (bicyclic) bond motifs is 1. The van der Waals surface area contributed by atoms with E-state index >= 15 is 0 Å². The molecule has 3 aromatic rings. The molecule has 0 unspecified atom stereocenters. The number of carbonyl (C=O) groups is 1. The number of aromatic amines is 1. The first-order valence-corrected chi connectivity index (χ1v) is 9.00. The van der Waals surface area contributed by atoms with Gasteiger partial charge in [-0.2, -0.15) is 0 Å². The van der Waals surface area contributed by atoms with Gasteiger partial charge in [-0.3, -0.25) is 9.59 Å². The Balaban J connectivity index is 1.92. The predicted molar refractivity (Wildman–Crippen MR) is 106 cm³/mol. The third-order valence-electron chi connectivity index (χ3n) is 4.12. The molecule has 0 radical (unpaired) electrons. The molecular weight excluding hydrogens is 389 g/mol. The molecule has 0 saturated carbocycles. The first kappa shape index (κ1) is 19.2. The number of carbonyl (C=O) groups excluding carboxylic acids is 1. The Morgan fingerprint density at radius 3 is 2.52 bits per heavy atom. The van der Waals surface area contributed by atoms with Crippen LogP contribution in [0.25, 0.3) is 10.9 Å². The highest BCUT2D eigenvalue weighted by molar-refractivity contribution is 6.37. The number of aromatic nitrogens is 2. The SMILES string of the molecule is CCN(Cc1nc2ccccc2c(=O)[nH]1)C(=O)c1cc(Cl)c(OC)c(Cl)c1. The summed E-state index contributed by atoms with van der Waals surface area (Å²) < 4.78 is 5.11. The standard InChI is InChI=1S/C19H17Cl2N3O3/c1-3-24(19(26)11-8-13(20)17(27-2)14(21)9-11)10-16-22-15-7-5-4-6-12(15)18(25)23-16/h4-9H,3,10H2,1-2H3,(H,22,23,25). The highest BCUT2D eigenvalue weighted by atomic mass is 35.5. The van der Waals surface area contributed by atoms with E-state index in [1.165, 1.54) is 19.2 Å². The van der Waals surface area contributed by atoms with Gasteiger partial charge in [0.25, 0.3) is 11.5 Å². The number of H-pyrrole nitrogens is 1. The number of nitrogens with zero attached hydrogens (tertiary/aromatic N) is 2. The summed E-state index contributed by atoms with van der Waals surface area (Å²) in [5.74, 6) is 0.442. The Morgan fingerprint density at radius 1 is 1.22 bits per heavy atom. The van der Waals surface area contributed by atoms with Gasteiger partial charge in [-0.1, -0.05) is 35.3 Å². The quantitative estimate of drug-likeness (QED) is 0.698. The van der Waals surface area contributed by atoms with Crippen molar-refractivity contribution >= 4 is 40.0 Å². The monoisotopic (exact) mass is 405 g/mol. The molecule has 2 aromatic carbocycles. The van der Waals surface area contributed by atoms with Gasteiger partial charge in [0.1, 0.15) is 5.82 Å². The van der Waals surface area contributed by atoms with Crippen LogP contribution >= 0.6 is 23.2 Å². The Hall–Kier alpha value is -2.57. The summed E-state index contributed by atoms with van der Waals surface area (Å²) in [6, 6.07) is 10.1. The van der Waals surface area contributed by atoms with Gasteiger partial charge in [0.15, 0.2) is 5.75 Å². The largest absolute Gasteiger partial charge is 0.494 e. The normalized spacial score (nSPS) is 10.8. The van der Waals surface area contributed by atoms with Crippen LogP contribution in [0.15, 0.2) is 41.2 Å². The van der Waals surface area contributed by atoms with Gasteiger partial charge in [-0.15, -0.1) is 0 Å². The van der Waals surface area contributed by atoms with E-state index in [-0.39, 0.29) is 28.1 Å². The van der Waals surface area contributed by atoms with Crippen molar-refractivity contribution in [3.63, 3.8) is 0 Å². The number of benzene rings is 2. The van der Waals surface area contributed by atoms with Gasteiger partial charge >= 0.3 is 0 Å². The lowest BCUT2D eigenvalue weighted by atomic mass is 10.2. The van der Waals surface area contributed by atoms with E-state index in [9.17, 15) is 9.59 Å². The van der Waals surface area contributed by atoms with Crippen LogP contribution in [0.4, 0.5) is 0 Å². The average molecular weight is 406 g/mol. The van der Waals surface area contributed by atoms with Crippen molar-refractivity contribution in [3.05, 3.63) is 68.2 Å². The van der Waals surface area contributed by atoms with E-state index in [4.69, 9.17) is 27.9 Å². The van der Waals surface area contributed by atoms with Gasteiger partial charge in [-0.25, -0.2) is 4.98 Å². The van der Waals surface area contributed by atoms with Crippen molar-refractivity contribution < 1.29 is 9.53 Å². The summed E-state index contributed by atoms with van der Waals surface area (Å²) in [6.07, 6.45) is 0. The van der Waals surface area contributed by atoms with Crippen molar-refractivity contribution in [1.82, 2.24) is 14.9 Å². The molecule has 0 aliphatic carbocycles. The second-order valence-corrected chi connectivity index (χ2v) is 6.64. The van der Waals surface area contributed by atoms with Crippen LogP contribution in [0.1, 0.15) is 23.1 Å². The zero-order chi connectivity index (χ0) is 19.6. The van der Waals surface area contributed by atoms with Crippen molar-refractivity contribution in [3.8, 4) is 5.75 Å². The van der Waals surface area contributed by atoms with E-state index in [0.29, 0.717) is 34.6 Å². The maximum atomic E-state index is 12.9. The zero-order valence-electron chi connectivity index (χ0n) is 14.8. The molecule has 8 heteroatoms. The molecule has 1 aromatic heterocycles. The molecule has 1 N–H and O–H groups in total. The van der Waals surface area contributed by atoms with Crippen LogP contribution in [0.5, 0.6) is 5.75 Å². The summed E-state index contributed by atoms with van der Waals surface area (Å²) in [6.45, 7) is 2.40. The Kier molecular flexibility index (Phi) is 5.68. The van der Waals surface area contributed by atoms with Gasteiger partial charge in [0, 0.05) is 12.1 Å². The van der Waals surface area contributed by atoms with E-state index in [1.54, 1.807) is 23.1 Å². The number of para-hydroxylation sites is 1. The third kappa shape index (κ3) is 3.91. The predicted octanol–water partition coefficient (Wildman–Crippen LogP) is 3.90. The third-order valence-corrected chi connectivity index (χ3v) is 4.68. The second kappa shape index (κ2) is 7.98. The van der Waals surface area contributed by atoms with Crippen molar-refractivity contribution in [1.29, 1.82) is 0 Å². The van der Waals surface area contributed by atoms with Crippen molar-refractivity contribution in [2.75, 3.05) is 13.7 Å². The number of hydrogen-bond acceptors (Lipinski definition) is 4. The average Bonchev–Trinajstić information content (AvgIpc) is 2.65. The number of amides is 1. The highest BCUT2D eigenvalue weighted by Gasteiger charge is 2.19. The molecule has 6 nitrogen and oxygen atoms in total. The summed E-state index contributed by atoms with van der Waals surface area (Å²) in [4.78, 5) is 33.8. The number of hydrogen-bond donors (Lipinski definition) is 1. The van der Waals surface area contributed by atoms with Crippen LogP contribution in [0, 0.1) is 0 Å². The smallest absolute Gasteiger partial charge is 0.258 e. The molecule has 140 valence electrons. The van der Waals surface area contributed by atoms with E-state index in [2.05, 4.69) is 9.97 Å². The summed E-state index contributed by atoms with van der Waals surface area (Å²) in [5.41, 5.74) is 0.667. The molecule has 0 bridgehead atoms. The molecule has 0 fully saturated rings. The summed E-state index contributed by atoms with van der Waals surface area (Å²) in [7, 11) is 1.45. The number of rotatable bonds is 5. The highest BCUT2D eigenvalue weighted by Crippen LogP contribution is 2.34. The fraction of sp³-hybridized carbons (Fsp3) is 0.211. The van der Waals surface area contributed by atoms with Crippen LogP contribution in [0.3, 0.4) is 0 Å². The Morgan fingerprint density at radius 2 is 1.89 bits per heavy atom. The Bertz CT molecular complexity index is 1040. The lowest BCUT2D eigenvalue weighted by molar-refractivity contribution is 0.0748. The Labute approximate surface area is 165 Å². The lowest BCUT2D eigenvalue weighted by Gasteiger charge is -2.21. The molecule has 0 atom stereocenters. The fourth-order valence-electron chi connectivity index (χ4n) is 2.78. The van der Waals surface area contributed by atoms with Crippen LogP contribution < -0.4 is 10.3 Å². The molecule has 3 rings (SSSR count). The van der Waals surface area contributed by atoms with Crippen LogP contribution in [-0.2, 0) is 6.54 Å². The molecule has 27 heavy (non-hydrogen) atoms. The molecule has 1 heterocycles. The summed E-state index contributed by atoms with van der Waals surface area (Å²) in [5, 5.41) is 1.01. The first-order chi connectivity index (χ1) is 12.9. The fourth-order valence-corrected chi connectivity index (χ4v) is 3.42. The number of halogens is 2. The van der Waals surface area contributed by atoms with Crippen molar-refractivity contribution in [2.45, 2.75) is 13.5 Å². The number of nitrogens with one attached hydrogen (secondary N) is 1. The topological polar surface area (TPSA) is 75.3 Å². The van der Waals surface area contributed by atoms with Gasteiger partial charge in [0.2, 0.25) is 0 Å². The minimum atomic E-state index is -0.278. The van der Waals surface area contributed by atoms with Gasteiger partial charge < -0.3 is 14.6 Å². The molecule has 0 spiro atoms. The molecule has 0 saturated heterocycles. The molecule has 0 aliphatic heterocycles. The summed E-state index contributed by atoms with van der Waals surface area (Å²) >= 11 is 12.3. The molecule has 1 amide bonds. The zero-order valence-corrected chi connectivity index (χ0v) is 16.3. The maximum Gasteiger partial charge on any atom is 0.258 e. The molecular formula is C19H17Cl2N3O3. The van der Waals surface area contributed by atoms with E-state index in [1.807, 2.05) is 13.0 Å². The van der Waals surface area contributed by atoms with Crippen molar-refractivity contribution in [2.24, 2.45) is 0 Å². The van der Waals surface area contributed by atoms with Crippen LogP contribution in [-0.4, -0.2) is 34.4 Å². The number of methoxy groups -OCH3 is 1.